The summed E-state index contributed by atoms with van der Waals surface area (Å²) in [5.74, 6) is -1.93. The summed E-state index contributed by atoms with van der Waals surface area (Å²) in [4.78, 5) is 66.8. The first-order valence-electron chi connectivity index (χ1n) is 12.5. The molecule has 1 unspecified atom stereocenters. The molecular formula is C26H32N4O5. The summed E-state index contributed by atoms with van der Waals surface area (Å²) < 4.78 is 0. The average molecular weight is 481 g/mol. The van der Waals surface area contributed by atoms with Crippen molar-refractivity contribution >= 4 is 35.6 Å². The van der Waals surface area contributed by atoms with E-state index in [9.17, 15) is 24.0 Å². The van der Waals surface area contributed by atoms with Gasteiger partial charge in [-0.25, -0.2) is 0 Å². The molecule has 35 heavy (non-hydrogen) atoms. The standard InChI is InChI=1S/C26H32N4O5/c1-25(2,16-31)29-13-9-26(10-14-29)7-11-28(12-8-26)17-3-4-18-19(15-17)24(35)30(23(18)34)20-5-6-21(32)27-22(20)33/h3-4,15-16,20H,5-14H2,1-2H3,(H,27,32,33). The number of anilines is 1. The Labute approximate surface area is 204 Å². The summed E-state index contributed by atoms with van der Waals surface area (Å²) in [6.45, 7) is 7.54. The molecule has 9 nitrogen and oxygen atoms in total. The minimum absolute atomic E-state index is 0.106. The van der Waals surface area contributed by atoms with Gasteiger partial charge in [-0.2, -0.15) is 0 Å². The lowest BCUT2D eigenvalue weighted by atomic mass is 9.70. The maximum absolute atomic E-state index is 13.1. The average Bonchev–Trinajstić information content (AvgIpc) is 3.09. The molecule has 0 aromatic heterocycles. The number of piperidine rings is 3. The number of amides is 4. The second-order valence-electron chi connectivity index (χ2n) is 10.9. The van der Waals surface area contributed by atoms with E-state index in [-0.39, 0.29) is 24.2 Å². The Morgan fingerprint density at radius 3 is 2.20 bits per heavy atom. The molecule has 1 N–H and O–H groups in total. The van der Waals surface area contributed by atoms with Crippen LogP contribution in [-0.2, 0) is 14.4 Å². The van der Waals surface area contributed by atoms with Crippen molar-refractivity contribution in [1.82, 2.24) is 15.1 Å². The largest absolute Gasteiger partial charge is 0.371 e. The number of aldehydes is 1. The molecular weight excluding hydrogens is 448 g/mol. The lowest BCUT2D eigenvalue weighted by Crippen LogP contribution is -2.54. The molecule has 9 heteroatoms. The molecule has 3 fully saturated rings. The van der Waals surface area contributed by atoms with Crippen LogP contribution >= 0.6 is 0 Å². The quantitative estimate of drug-likeness (QED) is 0.517. The van der Waals surface area contributed by atoms with E-state index in [2.05, 4.69) is 15.1 Å². The van der Waals surface area contributed by atoms with Crippen LogP contribution in [0.5, 0.6) is 0 Å². The van der Waals surface area contributed by atoms with Crippen molar-refractivity contribution in [2.24, 2.45) is 5.41 Å². The molecule has 1 atom stereocenters. The van der Waals surface area contributed by atoms with Gasteiger partial charge >= 0.3 is 0 Å². The van der Waals surface area contributed by atoms with E-state index < -0.39 is 29.3 Å². The van der Waals surface area contributed by atoms with Crippen LogP contribution in [0.2, 0.25) is 0 Å². The smallest absolute Gasteiger partial charge is 0.262 e. The third-order valence-electron chi connectivity index (χ3n) is 8.54. The number of rotatable bonds is 4. The predicted octanol–water partition coefficient (Wildman–Crippen LogP) is 1.75. The summed E-state index contributed by atoms with van der Waals surface area (Å²) in [6, 6.07) is 4.38. The predicted molar refractivity (Wildman–Crippen MR) is 128 cm³/mol. The molecule has 4 heterocycles. The van der Waals surface area contributed by atoms with E-state index in [0.717, 1.165) is 68.7 Å². The van der Waals surface area contributed by atoms with Gasteiger partial charge in [0, 0.05) is 25.2 Å². The molecule has 1 spiro atoms. The summed E-state index contributed by atoms with van der Waals surface area (Å²) in [7, 11) is 0. The molecule has 4 amide bonds. The fourth-order valence-corrected chi connectivity index (χ4v) is 6.03. The zero-order valence-corrected chi connectivity index (χ0v) is 20.3. The second-order valence-corrected chi connectivity index (χ2v) is 10.9. The third-order valence-corrected chi connectivity index (χ3v) is 8.54. The Bertz CT molecular complexity index is 1090. The van der Waals surface area contributed by atoms with E-state index in [1.54, 1.807) is 12.1 Å². The number of nitrogens with one attached hydrogen (secondary N) is 1. The number of nitrogens with zero attached hydrogens (tertiary/aromatic N) is 3. The zero-order chi connectivity index (χ0) is 25.0. The maximum atomic E-state index is 13.1. The van der Waals surface area contributed by atoms with E-state index in [0.29, 0.717) is 11.1 Å². The van der Waals surface area contributed by atoms with Crippen molar-refractivity contribution in [2.75, 3.05) is 31.1 Å². The number of imide groups is 2. The van der Waals surface area contributed by atoms with E-state index in [1.165, 1.54) is 0 Å². The molecule has 5 rings (SSSR count). The van der Waals surface area contributed by atoms with Gasteiger partial charge in [0.05, 0.1) is 16.7 Å². The van der Waals surface area contributed by atoms with Crippen LogP contribution in [0.3, 0.4) is 0 Å². The highest BCUT2D eigenvalue weighted by Gasteiger charge is 2.45. The van der Waals surface area contributed by atoms with E-state index >= 15 is 0 Å². The van der Waals surface area contributed by atoms with Gasteiger partial charge in [-0.05, 0) is 82.7 Å². The monoisotopic (exact) mass is 480 g/mol. The molecule has 186 valence electrons. The molecule has 4 aliphatic rings. The zero-order valence-electron chi connectivity index (χ0n) is 20.3. The number of hydrogen-bond donors (Lipinski definition) is 1. The van der Waals surface area contributed by atoms with Gasteiger partial charge in [0.2, 0.25) is 11.8 Å². The fraction of sp³-hybridized carbons (Fsp3) is 0.577. The van der Waals surface area contributed by atoms with E-state index in [1.807, 2.05) is 19.9 Å². The van der Waals surface area contributed by atoms with Crippen LogP contribution in [0.1, 0.15) is 73.1 Å². The number of hydrogen-bond acceptors (Lipinski definition) is 7. The molecule has 3 saturated heterocycles. The highest BCUT2D eigenvalue weighted by Crippen LogP contribution is 2.43. The van der Waals surface area contributed by atoms with Gasteiger partial charge in [-0.1, -0.05) is 0 Å². The first kappa shape index (κ1) is 23.7. The van der Waals surface area contributed by atoms with Gasteiger partial charge in [0.1, 0.15) is 12.3 Å². The summed E-state index contributed by atoms with van der Waals surface area (Å²) in [5, 5.41) is 2.23. The van der Waals surface area contributed by atoms with Crippen LogP contribution in [0.25, 0.3) is 0 Å². The number of benzene rings is 1. The summed E-state index contributed by atoms with van der Waals surface area (Å²) in [5.41, 5.74) is 1.41. The Balaban J connectivity index is 1.26. The van der Waals surface area contributed by atoms with Crippen molar-refractivity contribution in [3.8, 4) is 0 Å². The molecule has 0 radical (unpaired) electrons. The highest BCUT2D eigenvalue weighted by atomic mass is 16.2. The lowest BCUT2D eigenvalue weighted by Gasteiger charge is -2.49. The second kappa shape index (κ2) is 8.55. The van der Waals surface area contributed by atoms with E-state index in [4.69, 9.17) is 0 Å². The van der Waals surface area contributed by atoms with Gasteiger partial charge < -0.3 is 9.69 Å². The van der Waals surface area contributed by atoms with Gasteiger partial charge in [-0.15, -0.1) is 0 Å². The third kappa shape index (κ3) is 4.05. The summed E-state index contributed by atoms with van der Waals surface area (Å²) >= 11 is 0. The molecule has 0 bridgehead atoms. The highest BCUT2D eigenvalue weighted by molar-refractivity contribution is 6.23. The number of carbonyl (C=O) groups excluding carboxylic acids is 5. The minimum Gasteiger partial charge on any atom is -0.371 e. The van der Waals surface area contributed by atoms with Crippen LogP contribution in [0.4, 0.5) is 5.69 Å². The number of likely N-dealkylation sites (tertiary alicyclic amines) is 1. The SMILES string of the molecule is CC(C)(C=O)N1CCC2(CCN(c3ccc4c(c3)C(=O)N(C3CCC(=O)NC3=O)C4=O)CC2)CC1. The van der Waals surface area contributed by atoms with Crippen molar-refractivity contribution < 1.29 is 24.0 Å². The fourth-order valence-electron chi connectivity index (χ4n) is 6.03. The Morgan fingerprint density at radius 2 is 1.57 bits per heavy atom. The van der Waals surface area contributed by atoms with Crippen LogP contribution in [-0.4, -0.2) is 77.5 Å². The molecule has 4 aliphatic heterocycles. The normalized spacial score (nSPS) is 25.1. The Morgan fingerprint density at radius 1 is 0.943 bits per heavy atom. The summed E-state index contributed by atoms with van der Waals surface area (Å²) in [6.07, 6.45) is 5.55. The molecule has 1 aromatic rings. The maximum Gasteiger partial charge on any atom is 0.262 e. The van der Waals surface area contributed by atoms with Gasteiger partial charge in [-0.3, -0.25) is 34.3 Å². The van der Waals surface area contributed by atoms with Crippen LogP contribution in [0, 0.1) is 5.41 Å². The topological polar surface area (TPSA) is 107 Å². The van der Waals surface area contributed by atoms with Crippen molar-refractivity contribution in [2.45, 2.75) is 64.0 Å². The van der Waals surface area contributed by atoms with Crippen molar-refractivity contribution in [3.63, 3.8) is 0 Å². The molecule has 0 aliphatic carbocycles. The first-order chi connectivity index (χ1) is 16.6. The Kier molecular flexibility index (Phi) is 5.78. The van der Waals surface area contributed by atoms with Crippen molar-refractivity contribution in [3.05, 3.63) is 29.3 Å². The molecule has 0 saturated carbocycles. The molecule has 1 aromatic carbocycles. The van der Waals surface area contributed by atoms with Gasteiger partial charge in [0.25, 0.3) is 11.8 Å². The lowest BCUT2D eigenvalue weighted by molar-refractivity contribution is -0.136. The van der Waals surface area contributed by atoms with Crippen LogP contribution in [0.15, 0.2) is 18.2 Å². The van der Waals surface area contributed by atoms with Crippen LogP contribution < -0.4 is 10.2 Å². The van der Waals surface area contributed by atoms with Crippen molar-refractivity contribution in [1.29, 1.82) is 0 Å². The first-order valence-corrected chi connectivity index (χ1v) is 12.5. The Hall–Kier alpha value is -3.07. The number of fused-ring (bicyclic) bond motifs is 1. The van der Waals surface area contributed by atoms with Gasteiger partial charge in [0.15, 0.2) is 0 Å². The minimum atomic E-state index is -0.951. The number of carbonyl (C=O) groups is 5.